The number of benzene rings is 1. The van der Waals surface area contributed by atoms with Crippen LogP contribution in [-0.4, -0.2) is 19.1 Å². The van der Waals surface area contributed by atoms with Crippen molar-refractivity contribution < 1.29 is 4.42 Å². The minimum atomic E-state index is 0.654. The molecule has 1 heterocycles. The van der Waals surface area contributed by atoms with Gasteiger partial charge in [-0.3, -0.25) is 0 Å². The van der Waals surface area contributed by atoms with E-state index in [0.29, 0.717) is 6.01 Å². The van der Waals surface area contributed by atoms with E-state index in [-0.39, 0.29) is 0 Å². The second kappa shape index (κ2) is 5.69. The maximum Gasteiger partial charge on any atom is 0.297 e. The van der Waals surface area contributed by atoms with E-state index in [4.69, 9.17) is 4.42 Å². The summed E-state index contributed by atoms with van der Waals surface area (Å²) in [4.78, 5) is 6.41. The van der Waals surface area contributed by atoms with Crippen molar-refractivity contribution in [3.8, 4) is 0 Å². The molecule has 0 aliphatic rings. The predicted molar refractivity (Wildman–Crippen MR) is 72.6 cm³/mol. The summed E-state index contributed by atoms with van der Waals surface area (Å²) in [6, 6.07) is 9.14. The van der Waals surface area contributed by atoms with Gasteiger partial charge in [0.25, 0.3) is 6.01 Å². The molecule has 4 heteroatoms. The minimum absolute atomic E-state index is 0.654. The lowest BCUT2D eigenvalue weighted by atomic mass is 10.1. The SMILES string of the molecule is CNCc1coc(N(C)Cc2ccc(C)cc2)n1. The van der Waals surface area contributed by atoms with Crippen molar-refractivity contribution in [3.63, 3.8) is 0 Å². The Balaban J connectivity index is 2.02. The maximum absolute atomic E-state index is 5.45. The zero-order valence-corrected chi connectivity index (χ0v) is 11.1. The van der Waals surface area contributed by atoms with Crippen LogP contribution in [0.1, 0.15) is 16.8 Å². The molecule has 0 aliphatic heterocycles. The number of nitrogens with one attached hydrogen (secondary N) is 1. The number of hydrogen-bond donors (Lipinski definition) is 1. The van der Waals surface area contributed by atoms with Gasteiger partial charge in [-0.15, -0.1) is 0 Å². The lowest BCUT2D eigenvalue weighted by Crippen LogP contribution is -2.17. The molecule has 0 saturated heterocycles. The molecule has 2 rings (SSSR count). The number of nitrogens with zero attached hydrogens (tertiary/aromatic N) is 2. The summed E-state index contributed by atoms with van der Waals surface area (Å²) >= 11 is 0. The lowest BCUT2D eigenvalue weighted by Gasteiger charge is -2.14. The average molecular weight is 245 g/mol. The summed E-state index contributed by atoms with van der Waals surface area (Å²) in [5.41, 5.74) is 3.44. The summed E-state index contributed by atoms with van der Waals surface area (Å²) in [5, 5.41) is 3.05. The predicted octanol–water partition coefficient (Wildman–Crippen LogP) is 2.34. The molecule has 1 aromatic carbocycles. The third-order valence-corrected chi connectivity index (χ3v) is 2.76. The fourth-order valence-corrected chi connectivity index (χ4v) is 1.77. The van der Waals surface area contributed by atoms with Crippen molar-refractivity contribution in [2.24, 2.45) is 0 Å². The molecule has 0 amide bonds. The van der Waals surface area contributed by atoms with Crippen molar-refractivity contribution in [1.82, 2.24) is 10.3 Å². The largest absolute Gasteiger partial charge is 0.432 e. The van der Waals surface area contributed by atoms with Crippen LogP contribution in [0.4, 0.5) is 6.01 Å². The Morgan fingerprint density at radius 1 is 1.28 bits per heavy atom. The molecule has 4 nitrogen and oxygen atoms in total. The zero-order valence-electron chi connectivity index (χ0n) is 11.1. The first-order chi connectivity index (χ1) is 8.69. The molecule has 1 aromatic heterocycles. The molecule has 0 bridgehead atoms. The quantitative estimate of drug-likeness (QED) is 0.878. The van der Waals surface area contributed by atoms with E-state index >= 15 is 0 Å². The van der Waals surface area contributed by atoms with E-state index in [0.717, 1.165) is 18.8 Å². The second-order valence-corrected chi connectivity index (χ2v) is 4.49. The molecule has 96 valence electrons. The van der Waals surface area contributed by atoms with Crippen molar-refractivity contribution in [2.45, 2.75) is 20.0 Å². The zero-order chi connectivity index (χ0) is 13.0. The fraction of sp³-hybridized carbons (Fsp3) is 0.357. The summed E-state index contributed by atoms with van der Waals surface area (Å²) < 4.78 is 5.45. The summed E-state index contributed by atoms with van der Waals surface area (Å²) in [5.74, 6) is 0. The Morgan fingerprint density at radius 2 is 2.00 bits per heavy atom. The molecule has 18 heavy (non-hydrogen) atoms. The second-order valence-electron chi connectivity index (χ2n) is 4.49. The van der Waals surface area contributed by atoms with E-state index in [1.54, 1.807) is 6.26 Å². The summed E-state index contributed by atoms with van der Waals surface area (Å²) in [7, 11) is 3.87. The van der Waals surface area contributed by atoms with Crippen LogP contribution in [0.25, 0.3) is 0 Å². The van der Waals surface area contributed by atoms with Crippen molar-refractivity contribution in [1.29, 1.82) is 0 Å². The molecular formula is C14H19N3O. The number of rotatable bonds is 5. The van der Waals surface area contributed by atoms with Crippen LogP contribution < -0.4 is 10.2 Å². The normalized spacial score (nSPS) is 10.6. The van der Waals surface area contributed by atoms with Crippen molar-refractivity contribution in [3.05, 3.63) is 47.3 Å². The Hall–Kier alpha value is -1.81. The molecule has 1 N–H and O–H groups in total. The van der Waals surface area contributed by atoms with Gasteiger partial charge in [-0.1, -0.05) is 29.8 Å². The molecule has 0 fully saturated rings. The Labute approximate surface area is 108 Å². The summed E-state index contributed by atoms with van der Waals surface area (Å²) in [6.07, 6.45) is 1.69. The molecule has 0 radical (unpaired) electrons. The minimum Gasteiger partial charge on any atom is -0.432 e. The highest BCUT2D eigenvalue weighted by Crippen LogP contribution is 2.15. The van der Waals surface area contributed by atoms with Gasteiger partial charge in [0.1, 0.15) is 6.26 Å². The molecule has 0 aliphatic carbocycles. The highest BCUT2D eigenvalue weighted by molar-refractivity contribution is 5.30. The number of anilines is 1. The van der Waals surface area contributed by atoms with E-state index in [1.807, 2.05) is 19.0 Å². The van der Waals surface area contributed by atoms with Crippen LogP contribution in [0, 0.1) is 6.92 Å². The first-order valence-electron chi connectivity index (χ1n) is 6.04. The topological polar surface area (TPSA) is 41.3 Å². The van der Waals surface area contributed by atoms with Crippen LogP contribution in [0.2, 0.25) is 0 Å². The van der Waals surface area contributed by atoms with Gasteiger partial charge in [-0.05, 0) is 19.5 Å². The van der Waals surface area contributed by atoms with E-state index in [1.165, 1.54) is 11.1 Å². The molecule has 0 atom stereocenters. The number of oxazole rings is 1. The van der Waals surface area contributed by atoms with E-state index in [9.17, 15) is 0 Å². The smallest absolute Gasteiger partial charge is 0.297 e. The van der Waals surface area contributed by atoms with Crippen LogP contribution in [0.5, 0.6) is 0 Å². The van der Waals surface area contributed by atoms with Gasteiger partial charge in [0.2, 0.25) is 0 Å². The van der Waals surface area contributed by atoms with Crippen LogP contribution in [0.15, 0.2) is 34.9 Å². The van der Waals surface area contributed by atoms with Gasteiger partial charge in [0.05, 0.1) is 5.69 Å². The van der Waals surface area contributed by atoms with Gasteiger partial charge in [-0.2, -0.15) is 4.98 Å². The third kappa shape index (κ3) is 3.11. The third-order valence-electron chi connectivity index (χ3n) is 2.76. The Bertz CT molecular complexity index is 490. The van der Waals surface area contributed by atoms with Crippen LogP contribution >= 0.6 is 0 Å². The molecule has 0 spiro atoms. The monoisotopic (exact) mass is 245 g/mol. The van der Waals surface area contributed by atoms with Crippen molar-refractivity contribution in [2.75, 3.05) is 19.0 Å². The van der Waals surface area contributed by atoms with E-state index < -0.39 is 0 Å². The van der Waals surface area contributed by atoms with Crippen LogP contribution in [-0.2, 0) is 13.1 Å². The highest BCUT2D eigenvalue weighted by Gasteiger charge is 2.09. The number of aromatic nitrogens is 1. The summed E-state index contributed by atoms with van der Waals surface area (Å²) in [6.45, 7) is 3.60. The number of aryl methyl sites for hydroxylation is 1. The first kappa shape index (κ1) is 12.6. The van der Waals surface area contributed by atoms with E-state index in [2.05, 4.69) is 41.5 Å². The number of hydrogen-bond acceptors (Lipinski definition) is 4. The van der Waals surface area contributed by atoms with Gasteiger partial charge >= 0.3 is 0 Å². The lowest BCUT2D eigenvalue weighted by molar-refractivity contribution is 0.543. The Kier molecular flexibility index (Phi) is 3.99. The van der Waals surface area contributed by atoms with Gasteiger partial charge < -0.3 is 14.6 Å². The molecule has 0 saturated carbocycles. The Morgan fingerprint density at radius 3 is 2.67 bits per heavy atom. The molecule has 0 unspecified atom stereocenters. The van der Waals surface area contributed by atoms with Crippen LogP contribution in [0.3, 0.4) is 0 Å². The molecule has 2 aromatic rings. The molecular weight excluding hydrogens is 226 g/mol. The highest BCUT2D eigenvalue weighted by atomic mass is 16.4. The fourth-order valence-electron chi connectivity index (χ4n) is 1.77. The van der Waals surface area contributed by atoms with Gasteiger partial charge in [0.15, 0.2) is 0 Å². The van der Waals surface area contributed by atoms with Crippen molar-refractivity contribution >= 4 is 6.01 Å². The van der Waals surface area contributed by atoms with Gasteiger partial charge in [-0.25, -0.2) is 0 Å². The first-order valence-corrected chi connectivity index (χ1v) is 6.04. The maximum atomic E-state index is 5.45. The average Bonchev–Trinajstić information content (AvgIpc) is 2.81. The van der Waals surface area contributed by atoms with Gasteiger partial charge in [0, 0.05) is 20.1 Å². The standard InChI is InChI=1S/C14H19N3O/c1-11-4-6-12(7-5-11)9-17(3)14-16-13(8-15-2)10-18-14/h4-7,10,15H,8-9H2,1-3H3.